The maximum atomic E-state index is 13.0. The molecular formula is C23H22F3N3. The number of nitrogen functional groups attached to an aromatic ring is 2. The van der Waals surface area contributed by atoms with Gasteiger partial charge in [0.05, 0.1) is 17.6 Å². The molecule has 1 aliphatic rings. The third-order valence-electron chi connectivity index (χ3n) is 5.52. The summed E-state index contributed by atoms with van der Waals surface area (Å²) in [4.78, 5) is 2.21. The van der Waals surface area contributed by atoms with E-state index in [1.807, 2.05) is 48.5 Å². The fourth-order valence-corrected chi connectivity index (χ4v) is 4.08. The second kappa shape index (κ2) is 7.35. The lowest BCUT2D eigenvalue weighted by atomic mass is 10.0. The summed E-state index contributed by atoms with van der Waals surface area (Å²) in [5, 5.41) is 0. The Kier molecular flexibility index (Phi) is 4.86. The Bertz CT molecular complexity index is 911. The lowest BCUT2D eigenvalue weighted by molar-refractivity contribution is -0.137. The van der Waals surface area contributed by atoms with Crippen molar-refractivity contribution in [3.05, 3.63) is 89.5 Å². The van der Waals surface area contributed by atoms with Crippen LogP contribution in [0.25, 0.3) is 0 Å². The molecule has 1 fully saturated rings. The van der Waals surface area contributed by atoms with Gasteiger partial charge in [0.25, 0.3) is 0 Å². The highest BCUT2D eigenvalue weighted by Gasteiger charge is 2.36. The quantitative estimate of drug-likeness (QED) is 0.537. The Balaban J connectivity index is 1.74. The number of alkyl halides is 3. The highest BCUT2D eigenvalue weighted by atomic mass is 19.4. The monoisotopic (exact) mass is 397 g/mol. The van der Waals surface area contributed by atoms with Gasteiger partial charge in [-0.05, 0) is 72.5 Å². The molecule has 0 spiro atoms. The smallest absolute Gasteiger partial charge is 0.399 e. The normalized spacial score (nSPS) is 19.5. The van der Waals surface area contributed by atoms with Gasteiger partial charge in [-0.3, -0.25) is 0 Å². The van der Waals surface area contributed by atoms with Gasteiger partial charge in [-0.25, -0.2) is 0 Å². The second-order valence-electron chi connectivity index (χ2n) is 7.39. The van der Waals surface area contributed by atoms with Crippen LogP contribution >= 0.6 is 0 Å². The van der Waals surface area contributed by atoms with Crippen LogP contribution in [-0.2, 0) is 6.18 Å². The molecule has 0 aromatic heterocycles. The van der Waals surface area contributed by atoms with E-state index in [0.29, 0.717) is 11.4 Å². The van der Waals surface area contributed by atoms with Crippen molar-refractivity contribution in [2.45, 2.75) is 31.1 Å². The van der Waals surface area contributed by atoms with Gasteiger partial charge < -0.3 is 16.4 Å². The zero-order valence-electron chi connectivity index (χ0n) is 15.7. The maximum absolute atomic E-state index is 13.0. The standard InChI is InChI=1S/C23H22F3N3/c24-23(25,26)17-5-11-20(12-6-17)29-21(15-1-7-18(27)8-2-15)13-14-22(29)16-3-9-19(28)10-4-16/h1-12,21-22H,13-14,27-28H2/t21-,22-/m0/s1. The summed E-state index contributed by atoms with van der Waals surface area (Å²) in [5.41, 5.74) is 15.3. The van der Waals surface area contributed by atoms with Gasteiger partial charge in [-0.1, -0.05) is 24.3 Å². The van der Waals surface area contributed by atoms with E-state index in [4.69, 9.17) is 11.5 Å². The van der Waals surface area contributed by atoms with Crippen molar-refractivity contribution in [1.29, 1.82) is 0 Å². The Morgan fingerprint density at radius 1 is 0.655 bits per heavy atom. The largest absolute Gasteiger partial charge is 0.416 e. The summed E-state index contributed by atoms with van der Waals surface area (Å²) < 4.78 is 39.1. The van der Waals surface area contributed by atoms with Gasteiger partial charge in [-0.15, -0.1) is 0 Å². The van der Waals surface area contributed by atoms with Crippen molar-refractivity contribution in [3.8, 4) is 0 Å². The van der Waals surface area contributed by atoms with Crippen LogP contribution in [0.5, 0.6) is 0 Å². The first-order valence-electron chi connectivity index (χ1n) is 9.49. The Morgan fingerprint density at radius 3 is 1.45 bits per heavy atom. The van der Waals surface area contributed by atoms with Crippen molar-refractivity contribution >= 4 is 17.1 Å². The zero-order chi connectivity index (χ0) is 20.6. The Hall–Kier alpha value is -3.15. The predicted molar refractivity (Wildman–Crippen MR) is 110 cm³/mol. The van der Waals surface area contributed by atoms with E-state index < -0.39 is 11.7 Å². The van der Waals surface area contributed by atoms with Crippen LogP contribution in [0.1, 0.15) is 41.6 Å². The van der Waals surface area contributed by atoms with Crippen molar-refractivity contribution in [2.75, 3.05) is 16.4 Å². The average molecular weight is 397 g/mol. The van der Waals surface area contributed by atoms with Crippen LogP contribution in [-0.4, -0.2) is 0 Å². The topological polar surface area (TPSA) is 55.3 Å². The molecule has 6 heteroatoms. The molecule has 0 amide bonds. The van der Waals surface area contributed by atoms with E-state index in [0.717, 1.165) is 41.8 Å². The molecule has 0 aliphatic carbocycles. The molecule has 150 valence electrons. The fraction of sp³-hybridized carbons (Fsp3) is 0.217. The minimum absolute atomic E-state index is 0.0508. The lowest BCUT2D eigenvalue weighted by Crippen LogP contribution is -2.26. The molecule has 1 aliphatic heterocycles. The van der Waals surface area contributed by atoms with Crippen molar-refractivity contribution in [1.82, 2.24) is 0 Å². The highest BCUT2D eigenvalue weighted by molar-refractivity contribution is 5.55. The van der Waals surface area contributed by atoms with Gasteiger partial charge in [0.2, 0.25) is 0 Å². The minimum Gasteiger partial charge on any atom is -0.399 e. The molecule has 0 bridgehead atoms. The molecule has 1 saturated heterocycles. The number of nitrogens with zero attached hydrogens (tertiary/aromatic N) is 1. The number of halogens is 3. The molecule has 3 aromatic carbocycles. The lowest BCUT2D eigenvalue weighted by Gasteiger charge is -2.33. The SMILES string of the molecule is Nc1ccc([C@@H]2CC[C@@H](c3ccc(N)cc3)N2c2ccc(C(F)(F)F)cc2)cc1. The molecule has 3 aromatic rings. The number of hydrogen-bond donors (Lipinski definition) is 2. The zero-order valence-corrected chi connectivity index (χ0v) is 15.7. The van der Waals surface area contributed by atoms with E-state index in [2.05, 4.69) is 4.90 Å². The van der Waals surface area contributed by atoms with Gasteiger partial charge in [-0.2, -0.15) is 13.2 Å². The predicted octanol–water partition coefficient (Wildman–Crippen LogP) is 5.95. The first kappa shape index (κ1) is 19.2. The Morgan fingerprint density at radius 2 is 1.07 bits per heavy atom. The van der Waals surface area contributed by atoms with E-state index in [-0.39, 0.29) is 12.1 Å². The summed E-state index contributed by atoms with van der Waals surface area (Å²) in [7, 11) is 0. The van der Waals surface area contributed by atoms with Gasteiger partial charge in [0.15, 0.2) is 0 Å². The van der Waals surface area contributed by atoms with E-state index >= 15 is 0 Å². The van der Waals surface area contributed by atoms with Crippen LogP contribution in [0.2, 0.25) is 0 Å². The van der Waals surface area contributed by atoms with Gasteiger partial charge >= 0.3 is 6.18 Å². The molecule has 0 saturated carbocycles. The van der Waals surface area contributed by atoms with Crippen molar-refractivity contribution in [3.63, 3.8) is 0 Å². The molecule has 29 heavy (non-hydrogen) atoms. The number of rotatable bonds is 3. The van der Waals surface area contributed by atoms with E-state index in [1.165, 1.54) is 0 Å². The van der Waals surface area contributed by atoms with Crippen molar-refractivity contribution in [2.24, 2.45) is 0 Å². The molecule has 4 rings (SSSR count). The van der Waals surface area contributed by atoms with Crippen LogP contribution in [0, 0.1) is 0 Å². The molecular weight excluding hydrogens is 375 g/mol. The van der Waals surface area contributed by atoms with E-state index in [1.54, 1.807) is 12.1 Å². The summed E-state index contributed by atoms with van der Waals surface area (Å²) in [6.45, 7) is 0. The van der Waals surface area contributed by atoms with Gasteiger partial charge in [0.1, 0.15) is 0 Å². The molecule has 4 N–H and O–H groups in total. The van der Waals surface area contributed by atoms with Crippen LogP contribution in [0.15, 0.2) is 72.8 Å². The van der Waals surface area contributed by atoms with Crippen LogP contribution in [0.3, 0.4) is 0 Å². The number of nitrogens with two attached hydrogens (primary N) is 2. The molecule has 2 atom stereocenters. The maximum Gasteiger partial charge on any atom is 0.416 e. The number of benzene rings is 3. The second-order valence-corrected chi connectivity index (χ2v) is 7.39. The first-order chi connectivity index (χ1) is 13.8. The highest BCUT2D eigenvalue weighted by Crippen LogP contribution is 2.47. The molecule has 3 nitrogen and oxygen atoms in total. The molecule has 0 radical (unpaired) electrons. The van der Waals surface area contributed by atoms with Crippen molar-refractivity contribution < 1.29 is 13.2 Å². The van der Waals surface area contributed by atoms with Gasteiger partial charge in [0, 0.05) is 17.1 Å². The summed E-state index contributed by atoms with van der Waals surface area (Å²) in [6, 6.07) is 20.9. The Labute approximate surface area is 167 Å². The van der Waals surface area contributed by atoms with Crippen LogP contribution in [0.4, 0.5) is 30.2 Å². The number of hydrogen-bond acceptors (Lipinski definition) is 3. The van der Waals surface area contributed by atoms with E-state index in [9.17, 15) is 13.2 Å². The first-order valence-corrected chi connectivity index (χ1v) is 9.49. The fourth-order valence-electron chi connectivity index (χ4n) is 4.08. The van der Waals surface area contributed by atoms with Crippen LogP contribution < -0.4 is 16.4 Å². The summed E-state index contributed by atoms with van der Waals surface area (Å²) in [6.07, 6.45) is -2.57. The summed E-state index contributed by atoms with van der Waals surface area (Å²) >= 11 is 0. The molecule has 1 heterocycles. The summed E-state index contributed by atoms with van der Waals surface area (Å²) in [5.74, 6) is 0. The number of anilines is 3. The third-order valence-corrected chi connectivity index (χ3v) is 5.52. The average Bonchev–Trinajstić information content (AvgIpc) is 3.13. The molecule has 0 unspecified atom stereocenters. The minimum atomic E-state index is -4.35. The third kappa shape index (κ3) is 3.88.